The van der Waals surface area contributed by atoms with E-state index in [0.717, 1.165) is 0 Å². The van der Waals surface area contributed by atoms with Gasteiger partial charge >= 0.3 is 6.03 Å². The van der Waals surface area contributed by atoms with Crippen LogP contribution in [0.25, 0.3) is 0 Å². The second-order valence-electron chi connectivity index (χ2n) is 5.80. The van der Waals surface area contributed by atoms with Crippen molar-refractivity contribution < 1.29 is 19.4 Å². The Kier molecular flexibility index (Phi) is 6.59. The lowest BCUT2D eigenvalue weighted by Crippen LogP contribution is -2.43. The summed E-state index contributed by atoms with van der Waals surface area (Å²) < 4.78 is 10.8. The Labute approximate surface area is 147 Å². The molecule has 2 amide bonds. The van der Waals surface area contributed by atoms with Gasteiger partial charge in [0.2, 0.25) is 5.88 Å². The number of aliphatic hydroxyl groups excluding tert-OH is 1. The number of anilines is 1. The van der Waals surface area contributed by atoms with Crippen LogP contribution in [0.3, 0.4) is 0 Å². The van der Waals surface area contributed by atoms with Gasteiger partial charge in [-0.1, -0.05) is 19.9 Å². The van der Waals surface area contributed by atoms with Gasteiger partial charge in [0.15, 0.2) is 0 Å². The molecule has 134 valence electrons. The highest BCUT2D eigenvalue weighted by Gasteiger charge is 2.15. The van der Waals surface area contributed by atoms with E-state index in [1.807, 2.05) is 26.0 Å². The molecule has 7 nitrogen and oxygen atoms in total. The van der Waals surface area contributed by atoms with Gasteiger partial charge in [-0.25, -0.2) is 9.78 Å². The van der Waals surface area contributed by atoms with Crippen LogP contribution in [0.4, 0.5) is 10.5 Å². The van der Waals surface area contributed by atoms with Gasteiger partial charge < -0.3 is 25.2 Å². The predicted molar refractivity (Wildman–Crippen MR) is 95.2 cm³/mol. The minimum Gasteiger partial charge on any atom is -0.497 e. The van der Waals surface area contributed by atoms with Crippen molar-refractivity contribution in [3.8, 4) is 17.4 Å². The van der Waals surface area contributed by atoms with Crippen molar-refractivity contribution in [2.75, 3.05) is 19.0 Å². The number of nitrogens with one attached hydrogen (secondary N) is 2. The summed E-state index contributed by atoms with van der Waals surface area (Å²) in [6.07, 6.45) is 1.50. The Morgan fingerprint density at radius 1 is 1.24 bits per heavy atom. The predicted octanol–water partition coefficient (Wildman–Crippen LogP) is 3.02. The van der Waals surface area contributed by atoms with E-state index in [1.54, 1.807) is 31.4 Å². The van der Waals surface area contributed by atoms with Crippen LogP contribution in [-0.2, 0) is 0 Å². The summed E-state index contributed by atoms with van der Waals surface area (Å²) in [5.74, 6) is 1.83. The normalized spacial score (nSPS) is 11.7. The Morgan fingerprint density at radius 3 is 2.60 bits per heavy atom. The van der Waals surface area contributed by atoms with Crippen molar-refractivity contribution in [2.24, 2.45) is 5.92 Å². The quantitative estimate of drug-likeness (QED) is 0.717. The van der Waals surface area contributed by atoms with E-state index in [4.69, 9.17) is 9.47 Å². The summed E-state index contributed by atoms with van der Waals surface area (Å²) in [6, 6.07) is 9.84. The molecule has 0 aliphatic rings. The Bertz CT molecular complexity index is 689. The molecule has 2 aromatic rings. The van der Waals surface area contributed by atoms with Gasteiger partial charge in [0.05, 0.1) is 31.6 Å². The van der Waals surface area contributed by atoms with E-state index in [-0.39, 0.29) is 18.6 Å². The zero-order valence-electron chi connectivity index (χ0n) is 14.5. The molecule has 3 N–H and O–H groups in total. The number of pyridine rings is 1. The number of aliphatic hydroxyl groups is 1. The molecule has 0 saturated heterocycles. The van der Waals surface area contributed by atoms with Gasteiger partial charge in [-0.15, -0.1) is 0 Å². The molecule has 1 atom stereocenters. The summed E-state index contributed by atoms with van der Waals surface area (Å²) in [7, 11) is 1.59. The van der Waals surface area contributed by atoms with Crippen LogP contribution in [0.5, 0.6) is 17.4 Å². The maximum atomic E-state index is 11.9. The third kappa shape index (κ3) is 5.65. The highest BCUT2D eigenvalue weighted by Crippen LogP contribution is 2.24. The number of amides is 2. The first kappa shape index (κ1) is 18.5. The molecule has 2 rings (SSSR count). The Morgan fingerprint density at radius 2 is 2.00 bits per heavy atom. The molecule has 0 saturated carbocycles. The van der Waals surface area contributed by atoms with Gasteiger partial charge in [0.1, 0.15) is 11.5 Å². The minimum absolute atomic E-state index is 0.114. The van der Waals surface area contributed by atoms with E-state index >= 15 is 0 Å². The third-order valence-electron chi connectivity index (χ3n) is 3.58. The van der Waals surface area contributed by atoms with E-state index < -0.39 is 6.03 Å². The molecule has 1 aromatic carbocycles. The largest absolute Gasteiger partial charge is 0.497 e. The number of nitrogens with zero attached hydrogens (tertiary/aromatic N) is 1. The molecular formula is C18H23N3O4. The molecule has 0 aliphatic heterocycles. The zero-order chi connectivity index (χ0) is 18.2. The molecule has 1 aromatic heterocycles. The molecule has 0 spiro atoms. The van der Waals surface area contributed by atoms with Gasteiger partial charge in [-0.3, -0.25) is 0 Å². The first-order valence-corrected chi connectivity index (χ1v) is 7.98. The second-order valence-corrected chi connectivity index (χ2v) is 5.80. The topological polar surface area (TPSA) is 92.7 Å². The van der Waals surface area contributed by atoms with E-state index in [0.29, 0.717) is 23.1 Å². The summed E-state index contributed by atoms with van der Waals surface area (Å²) in [4.78, 5) is 16.1. The Balaban J connectivity index is 1.94. The molecule has 7 heteroatoms. The molecule has 0 radical (unpaired) electrons. The maximum absolute atomic E-state index is 11.9. The van der Waals surface area contributed by atoms with Crippen LogP contribution in [0.2, 0.25) is 0 Å². The molecular weight excluding hydrogens is 322 g/mol. The van der Waals surface area contributed by atoms with Crippen LogP contribution < -0.4 is 20.1 Å². The van der Waals surface area contributed by atoms with Crippen LogP contribution in [0.15, 0.2) is 42.6 Å². The standard InChI is InChI=1S/C18H23N3O4/c1-12(2)16(11-22)21-18(23)20-13-7-8-17(19-10-13)25-15-6-4-5-14(9-15)24-3/h4-10,12,16,22H,11H2,1-3H3,(H2,20,21,23). The van der Waals surface area contributed by atoms with Crippen molar-refractivity contribution in [3.05, 3.63) is 42.6 Å². The number of aromatic nitrogens is 1. The number of ether oxygens (including phenoxy) is 2. The van der Waals surface area contributed by atoms with E-state index in [2.05, 4.69) is 15.6 Å². The summed E-state index contributed by atoms with van der Waals surface area (Å²) in [5.41, 5.74) is 0.524. The summed E-state index contributed by atoms with van der Waals surface area (Å²) >= 11 is 0. The van der Waals surface area contributed by atoms with Crippen molar-refractivity contribution in [2.45, 2.75) is 19.9 Å². The maximum Gasteiger partial charge on any atom is 0.319 e. The SMILES string of the molecule is COc1cccc(Oc2ccc(NC(=O)NC(CO)C(C)C)cn2)c1. The lowest BCUT2D eigenvalue weighted by Gasteiger charge is -2.20. The molecule has 1 unspecified atom stereocenters. The first-order valence-electron chi connectivity index (χ1n) is 7.98. The summed E-state index contributed by atoms with van der Waals surface area (Å²) in [6.45, 7) is 3.73. The Hall–Kier alpha value is -2.80. The van der Waals surface area contributed by atoms with Crippen LogP contribution in [0, 0.1) is 5.92 Å². The fourth-order valence-corrected chi connectivity index (χ4v) is 2.06. The average molecular weight is 345 g/mol. The molecule has 25 heavy (non-hydrogen) atoms. The van der Waals surface area contributed by atoms with Gasteiger partial charge in [-0.2, -0.15) is 0 Å². The van der Waals surface area contributed by atoms with Crippen LogP contribution in [0.1, 0.15) is 13.8 Å². The third-order valence-corrected chi connectivity index (χ3v) is 3.58. The number of benzene rings is 1. The van der Waals surface area contributed by atoms with Gasteiger partial charge in [-0.05, 0) is 24.1 Å². The van der Waals surface area contributed by atoms with Crippen molar-refractivity contribution >= 4 is 11.7 Å². The molecule has 1 heterocycles. The number of rotatable bonds is 7. The van der Waals surface area contributed by atoms with Crippen LogP contribution in [-0.4, -0.2) is 35.9 Å². The fourth-order valence-electron chi connectivity index (χ4n) is 2.06. The van der Waals surface area contributed by atoms with Crippen LogP contribution >= 0.6 is 0 Å². The number of carbonyl (C=O) groups is 1. The first-order chi connectivity index (χ1) is 12.0. The summed E-state index contributed by atoms with van der Waals surface area (Å²) in [5, 5.41) is 14.6. The highest BCUT2D eigenvalue weighted by molar-refractivity contribution is 5.89. The lowest BCUT2D eigenvalue weighted by molar-refractivity contribution is 0.204. The monoisotopic (exact) mass is 345 g/mol. The molecule has 0 fully saturated rings. The second kappa shape index (κ2) is 8.89. The van der Waals surface area contributed by atoms with Gasteiger partial charge in [0.25, 0.3) is 0 Å². The highest BCUT2D eigenvalue weighted by atomic mass is 16.5. The molecule has 0 aliphatic carbocycles. The van der Waals surface area contributed by atoms with E-state index in [9.17, 15) is 9.90 Å². The van der Waals surface area contributed by atoms with Crippen molar-refractivity contribution in [3.63, 3.8) is 0 Å². The number of methoxy groups -OCH3 is 1. The number of urea groups is 1. The number of hydrogen-bond donors (Lipinski definition) is 3. The average Bonchev–Trinajstić information content (AvgIpc) is 2.61. The minimum atomic E-state index is -0.393. The van der Waals surface area contributed by atoms with Gasteiger partial charge in [0, 0.05) is 12.1 Å². The number of carbonyl (C=O) groups excluding carboxylic acids is 1. The van der Waals surface area contributed by atoms with Crippen molar-refractivity contribution in [1.82, 2.24) is 10.3 Å². The van der Waals surface area contributed by atoms with Crippen molar-refractivity contribution in [1.29, 1.82) is 0 Å². The smallest absolute Gasteiger partial charge is 0.319 e. The lowest BCUT2D eigenvalue weighted by atomic mass is 10.1. The fraction of sp³-hybridized carbons (Fsp3) is 0.333. The van der Waals surface area contributed by atoms with E-state index in [1.165, 1.54) is 6.20 Å². The molecule has 0 bridgehead atoms. The number of hydrogen-bond acceptors (Lipinski definition) is 5. The zero-order valence-corrected chi connectivity index (χ0v) is 14.5.